The highest BCUT2D eigenvalue weighted by Crippen LogP contribution is 2.37. The van der Waals surface area contributed by atoms with Crippen LogP contribution in [0.15, 0.2) is 23.6 Å². The molecule has 0 N–H and O–H groups in total. The lowest BCUT2D eigenvalue weighted by atomic mass is 10.2. The summed E-state index contributed by atoms with van der Waals surface area (Å²) in [5.74, 6) is 0. The van der Waals surface area contributed by atoms with E-state index in [1.807, 2.05) is 0 Å². The Kier molecular flexibility index (Phi) is 2.96. The van der Waals surface area contributed by atoms with Gasteiger partial charge in [-0.15, -0.1) is 34.3 Å². The molecule has 2 rings (SSSR count). The summed E-state index contributed by atoms with van der Waals surface area (Å²) in [5.41, 5.74) is 1.29. The summed E-state index contributed by atoms with van der Waals surface area (Å²) in [6.45, 7) is 4.22. The molecule has 0 aromatic carbocycles. The Bertz CT molecular complexity index is 428. The van der Waals surface area contributed by atoms with Gasteiger partial charge in [-0.1, -0.05) is 0 Å². The monoisotopic (exact) mass is 242 g/mol. The van der Waals surface area contributed by atoms with Crippen molar-refractivity contribution in [3.05, 3.63) is 43.8 Å². The molecule has 2 heterocycles. The smallest absolute Gasteiger partial charge is 0.102 e. The molecule has 74 valence electrons. The molecule has 0 bridgehead atoms. The first-order chi connectivity index (χ1) is 6.68. The highest BCUT2D eigenvalue weighted by atomic mass is 35.5. The summed E-state index contributed by atoms with van der Waals surface area (Å²) >= 11 is 9.93. The Morgan fingerprint density at radius 1 is 1.21 bits per heavy atom. The summed E-state index contributed by atoms with van der Waals surface area (Å²) in [6, 6.07) is 6.37. The van der Waals surface area contributed by atoms with E-state index in [2.05, 4.69) is 37.4 Å². The summed E-state index contributed by atoms with van der Waals surface area (Å²) in [7, 11) is 0. The molecule has 14 heavy (non-hydrogen) atoms. The van der Waals surface area contributed by atoms with Crippen molar-refractivity contribution in [1.29, 1.82) is 0 Å². The summed E-state index contributed by atoms with van der Waals surface area (Å²) in [5, 5.41) is 2.13. The van der Waals surface area contributed by atoms with E-state index in [0.29, 0.717) is 0 Å². The van der Waals surface area contributed by atoms with Gasteiger partial charge in [-0.3, -0.25) is 0 Å². The molecule has 2 aromatic rings. The van der Waals surface area contributed by atoms with Gasteiger partial charge in [0.2, 0.25) is 0 Å². The number of rotatable bonds is 2. The third-order valence-corrected chi connectivity index (χ3v) is 5.00. The second-order valence-corrected chi connectivity index (χ2v) is 5.98. The van der Waals surface area contributed by atoms with Crippen LogP contribution in [0.1, 0.15) is 25.6 Å². The first-order valence-electron chi connectivity index (χ1n) is 4.43. The molecule has 0 saturated heterocycles. The number of hydrogen-bond donors (Lipinski definition) is 0. The van der Waals surface area contributed by atoms with E-state index in [1.165, 1.54) is 20.2 Å². The van der Waals surface area contributed by atoms with E-state index in [4.69, 9.17) is 11.6 Å². The minimum Gasteiger partial charge on any atom is -0.147 e. The fourth-order valence-electron chi connectivity index (χ4n) is 1.36. The van der Waals surface area contributed by atoms with Crippen LogP contribution in [0.25, 0.3) is 0 Å². The third kappa shape index (κ3) is 1.88. The molecule has 0 spiro atoms. The van der Waals surface area contributed by atoms with Crippen LogP contribution in [-0.4, -0.2) is 0 Å². The van der Waals surface area contributed by atoms with Crippen molar-refractivity contribution in [3.63, 3.8) is 0 Å². The molecule has 1 atom stereocenters. The van der Waals surface area contributed by atoms with Gasteiger partial charge >= 0.3 is 0 Å². The lowest BCUT2D eigenvalue weighted by molar-refractivity contribution is 1.20. The molecule has 0 aliphatic heterocycles. The Morgan fingerprint density at radius 2 is 2.00 bits per heavy atom. The molecule has 0 aliphatic carbocycles. The average molecular weight is 243 g/mol. The molecule has 3 heteroatoms. The van der Waals surface area contributed by atoms with Gasteiger partial charge in [0.25, 0.3) is 0 Å². The summed E-state index contributed by atoms with van der Waals surface area (Å²) in [4.78, 5) is 3.84. The van der Waals surface area contributed by atoms with Gasteiger partial charge in [-0.25, -0.2) is 0 Å². The van der Waals surface area contributed by atoms with Gasteiger partial charge in [-0.05, 0) is 43.0 Å². The Labute approximate surface area is 97.2 Å². The maximum atomic E-state index is 6.41. The van der Waals surface area contributed by atoms with Gasteiger partial charge in [0.1, 0.15) is 5.38 Å². The van der Waals surface area contributed by atoms with Gasteiger partial charge < -0.3 is 0 Å². The van der Waals surface area contributed by atoms with Crippen LogP contribution in [0, 0.1) is 13.8 Å². The predicted octanol–water partition coefficient (Wildman–Crippen LogP) is 4.75. The van der Waals surface area contributed by atoms with Gasteiger partial charge in [0, 0.05) is 14.6 Å². The molecule has 0 fully saturated rings. The lowest BCUT2D eigenvalue weighted by Gasteiger charge is -2.05. The van der Waals surface area contributed by atoms with Crippen LogP contribution in [0.5, 0.6) is 0 Å². The van der Waals surface area contributed by atoms with Crippen LogP contribution in [0.3, 0.4) is 0 Å². The highest BCUT2D eigenvalue weighted by molar-refractivity contribution is 7.13. The zero-order valence-electron chi connectivity index (χ0n) is 8.08. The topological polar surface area (TPSA) is 0 Å². The first kappa shape index (κ1) is 10.2. The largest absolute Gasteiger partial charge is 0.147 e. The van der Waals surface area contributed by atoms with Crippen LogP contribution < -0.4 is 0 Å². The van der Waals surface area contributed by atoms with E-state index in [0.717, 1.165) is 0 Å². The second-order valence-electron chi connectivity index (χ2n) is 3.28. The van der Waals surface area contributed by atoms with Crippen LogP contribution in [-0.2, 0) is 0 Å². The van der Waals surface area contributed by atoms with Crippen LogP contribution in [0.4, 0.5) is 0 Å². The third-order valence-electron chi connectivity index (χ3n) is 2.14. The van der Waals surface area contributed by atoms with Crippen molar-refractivity contribution in [2.24, 2.45) is 0 Å². The maximum Gasteiger partial charge on any atom is 0.102 e. The van der Waals surface area contributed by atoms with Crippen molar-refractivity contribution >= 4 is 34.3 Å². The molecule has 0 aliphatic rings. The van der Waals surface area contributed by atoms with Crippen LogP contribution >= 0.6 is 34.3 Å². The minimum atomic E-state index is 0.0358. The number of halogens is 1. The molecule has 0 radical (unpaired) electrons. The molecule has 0 saturated carbocycles. The standard InChI is InChI=1S/C11H11ClS2/c1-7-5-6-13-11(7)10(12)9-4-3-8(2)14-9/h3-6,10H,1-2H3. The number of alkyl halides is 1. The zero-order valence-corrected chi connectivity index (χ0v) is 10.5. The summed E-state index contributed by atoms with van der Waals surface area (Å²) < 4.78 is 0. The Hall–Kier alpha value is -0.310. The van der Waals surface area contributed by atoms with Crippen molar-refractivity contribution in [3.8, 4) is 0 Å². The maximum absolute atomic E-state index is 6.41. The zero-order chi connectivity index (χ0) is 10.1. The number of thiophene rings is 2. The predicted molar refractivity (Wildman–Crippen MR) is 65.8 cm³/mol. The first-order valence-corrected chi connectivity index (χ1v) is 6.56. The SMILES string of the molecule is Cc1ccc(C(Cl)c2sccc2C)s1. The fraction of sp³-hybridized carbons (Fsp3) is 0.273. The molecular weight excluding hydrogens is 232 g/mol. The van der Waals surface area contributed by atoms with Crippen molar-refractivity contribution in [1.82, 2.24) is 0 Å². The normalized spacial score (nSPS) is 13.1. The van der Waals surface area contributed by atoms with E-state index in [9.17, 15) is 0 Å². The minimum absolute atomic E-state index is 0.0358. The van der Waals surface area contributed by atoms with Crippen molar-refractivity contribution in [2.75, 3.05) is 0 Å². The van der Waals surface area contributed by atoms with Gasteiger partial charge in [0.05, 0.1) is 0 Å². The van der Waals surface area contributed by atoms with Crippen molar-refractivity contribution < 1.29 is 0 Å². The van der Waals surface area contributed by atoms with Gasteiger partial charge in [-0.2, -0.15) is 0 Å². The Morgan fingerprint density at radius 3 is 2.50 bits per heavy atom. The van der Waals surface area contributed by atoms with Crippen LogP contribution in [0.2, 0.25) is 0 Å². The summed E-state index contributed by atoms with van der Waals surface area (Å²) in [6.07, 6.45) is 0. The quantitative estimate of drug-likeness (QED) is 0.667. The average Bonchev–Trinajstić information content (AvgIpc) is 2.73. The molecule has 0 nitrogen and oxygen atoms in total. The number of aryl methyl sites for hydroxylation is 2. The molecule has 1 unspecified atom stereocenters. The highest BCUT2D eigenvalue weighted by Gasteiger charge is 2.15. The number of hydrogen-bond acceptors (Lipinski definition) is 2. The Balaban J connectivity index is 2.33. The molecule has 0 amide bonds. The van der Waals surface area contributed by atoms with E-state index >= 15 is 0 Å². The van der Waals surface area contributed by atoms with E-state index in [-0.39, 0.29) is 5.38 Å². The van der Waals surface area contributed by atoms with Crippen molar-refractivity contribution in [2.45, 2.75) is 19.2 Å². The lowest BCUT2D eigenvalue weighted by Crippen LogP contribution is -1.87. The van der Waals surface area contributed by atoms with Gasteiger partial charge in [0.15, 0.2) is 0 Å². The van der Waals surface area contributed by atoms with E-state index < -0.39 is 0 Å². The molecule has 2 aromatic heterocycles. The van der Waals surface area contributed by atoms with E-state index in [1.54, 1.807) is 22.7 Å². The molecular formula is C11H11ClS2. The second kappa shape index (κ2) is 4.05. The fourth-order valence-corrected chi connectivity index (χ4v) is 3.75.